The molecule has 4 rings (SSSR count). The third-order valence-corrected chi connectivity index (χ3v) is 7.66. The Balaban J connectivity index is 1.45. The van der Waals surface area contributed by atoms with E-state index in [4.69, 9.17) is 11.5 Å². The zero-order chi connectivity index (χ0) is 26.7. The van der Waals surface area contributed by atoms with Crippen LogP contribution in [0.4, 0.5) is 0 Å². The second-order valence-electron chi connectivity index (χ2n) is 10.4. The molecule has 0 unspecified atom stereocenters. The van der Waals surface area contributed by atoms with Crippen molar-refractivity contribution in [1.82, 2.24) is 4.90 Å². The molecule has 5 N–H and O–H groups in total. The molecule has 0 radical (unpaired) electrons. The van der Waals surface area contributed by atoms with Gasteiger partial charge in [0.25, 0.3) is 0 Å². The van der Waals surface area contributed by atoms with Crippen LogP contribution in [-0.4, -0.2) is 41.0 Å². The highest BCUT2D eigenvalue weighted by Crippen LogP contribution is 2.31. The Labute approximate surface area is 226 Å². The minimum atomic E-state index is 0.149. The summed E-state index contributed by atoms with van der Waals surface area (Å²) in [4.78, 5) is 20.0. The lowest BCUT2D eigenvalue weighted by atomic mass is 9.84. The topological polar surface area (TPSA) is 105 Å². The van der Waals surface area contributed by atoms with Gasteiger partial charge in [-0.3, -0.25) is 9.79 Å². The molecule has 1 fully saturated rings. The highest BCUT2D eigenvalue weighted by molar-refractivity contribution is 5.76. The standard InChI is InChI=1S/C32H40N4O2/c33-32(34)35-28-15-11-25(12-16-28)23-31(38)36(21-19-24-13-17-29(37)18-14-24)22-20-30(26-7-3-1-4-8-26)27-9-5-2-6-10-27/h1-10,13-14,17-18,25,28,30,37H,11-12,15-16,19-23H2,(H4,33,34,35). The average molecular weight is 513 g/mol. The summed E-state index contributed by atoms with van der Waals surface area (Å²) in [6.07, 6.45) is 5.95. The number of phenolic OH excluding ortho intramolecular Hbond substituents is 1. The molecule has 0 spiro atoms. The molecule has 0 bridgehead atoms. The number of rotatable bonds is 11. The molecule has 1 amide bonds. The predicted molar refractivity (Wildman–Crippen MR) is 154 cm³/mol. The van der Waals surface area contributed by atoms with Crippen LogP contribution in [0, 0.1) is 5.92 Å². The van der Waals surface area contributed by atoms with Gasteiger partial charge in [0, 0.05) is 25.4 Å². The van der Waals surface area contributed by atoms with Crippen molar-refractivity contribution in [2.45, 2.75) is 56.9 Å². The van der Waals surface area contributed by atoms with Crippen molar-refractivity contribution >= 4 is 11.9 Å². The predicted octanol–water partition coefficient (Wildman–Crippen LogP) is 5.21. The van der Waals surface area contributed by atoms with Gasteiger partial charge >= 0.3 is 0 Å². The van der Waals surface area contributed by atoms with E-state index in [0.29, 0.717) is 25.4 Å². The van der Waals surface area contributed by atoms with Crippen LogP contribution >= 0.6 is 0 Å². The van der Waals surface area contributed by atoms with Crippen LogP contribution < -0.4 is 11.5 Å². The molecule has 1 aliphatic carbocycles. The monoisotopic (exact) mass is 512 g/mol. The third-order valence-electron chi connectivity index (χ3n) is 7.66. The maximum Gasteiger partial charge on any atom is 0.222 e. The van der Waals surface area contributed by atoms with Gasteiger partial charge in [-0.25, -0.2) is 0 Å². The number of nitrogens with two attached hydrogens (primary N) is 2. The number of guanidine groups is 1. The Morgan fingerprint density at radius 1 is 0.842 bits per heavy atom. The van der Waals surface area contributed by atoms with Crippen molar-refractivity contribution in [3.05, 3.63) is 102 Å². The summed E-state index contributed by atoms with van der Waals surface area (Å²) in [5.41, 5.74) is 14.8. The number of aliphatic imine (C=N–C) groups is 1. The number of carbonyl (C=O) groups excluding carboxylic acids is 1. The Hall–Kier alpha value is -3.80. The van der Waals surface area contributed by atoms with Gasteiger partial charge in [-0.2, -0.15) is 0 Å². The zero-order valence-corrected chi connectivity index (χ0v) is 22.1. The molecule has 0 aromatic heterocycles. The molecule has 1 aliphatic rings. The summed E-state index contributed by atoms with van der Waals surface area (Å²) in [6, 6.07) is 28.6. The Morgan fingerprint density at radius 2 is 1.42 bits per heavy atom. The zero-order valence-electron chi connectivity index (χ0n) is 22.1. The van der Waals surface area contributed by atoms with Gasteiger partial charge in [0.1, 0.15) is 5.75 Å². The number of aromatic hydroxyl groups is 1. The molecule has 6 heteroatoms. The molecule has 0 atom stereocenters. The Kier molecular flexibility index (Phi) is 9.79. The first-order valence-electron chi connectivity index (χ1n) is 13.7. The van der Waals surface area contributed by atoms with Crippen molar-refractivity contribution in [1.29, 1.82) is 0 Å². The van der Waals surface area contributed by atoms with Crippen LogP contribution in [0.3, 0.4) is 0 Å². The first-order chi connectivity index (χ1) is 18.5. The maximum atomic E-state index is 13.7. The number of nitrogens with zero attached hydrogens (tertiary/aromatic N) is 2. The van der Waals surface area contributed by atoms with Gasteiger partial charge in [-0.15, -0.1) is 0 Å². The fraction of sp³-hybridized carbons (Fsp3) is 0.375. The third kappa shape index (κ3) is 8.10. The lowest BCUT2D eigenvalue weighted by Gasteiger charge is -2.30. The second kappa shape index (κ2) is 13.7. The quantitative estimate of drug-likeness (QED) is 0.242. The van der Waals surface area contributed by atoms with Gasteiger partial charge in [-0.1, -0.05) is 72.8 Å². The van der Waals surface area contributed by atoms with E-state index in [9.17, 15) is 9.90 Å². The first kappa shape index (κ1) is 27.2. The van der Waals surface area contributed by atoms with Crippen LogP contribution in [0.5, 0.6) is 5.75 Å². The highest BCUT2D eigenvalue weighted by Gasteiger charge is 2.26. The lowest BCUT2D eigenvalue weighted by Crippen LogP contribution is -2.36. The minimum Gasteiger partial charge on any atom is -0.508 e. The van der Waals surface area contributed by atoms with Crippen molar-refractivity contribution < 1.29 is 9.90 Å². The molecule has 0 aliphatic heterocycles. The molecule has 38 heavy (non-hydrogen) atoms. The largest absolute Gasteiger partial charge is 0.508 e. The molecular weight excluding hydrogens is 472 g/mol. The second-order valence-corrected chi connectivity index (χ2v) is 10.4. The molecule has 6 nitrogen and oxygen atoms in total. The van der Waals surface area contributed by atoms with Crippen LogP contribution in [-0.2, 0) is 11.2 Å². The summed E-state index contributed by atoms with van der Waals surface area (Å²) in [6.45, 7) is 1.35. The molecule has 3 aromatic carbocycles. The number of amides is 1. The number of carbonyl (C=O) groups is 1. The van der Waals surface area contributed by atoms with E-state index in [1.165, 1.54) is 11.1 Å². The van der Waals surface area contributed by atoms with Crippen LogP contribution in [0.25, 0.3) is 0 Å². The SMILES string of the molecule is NC(N)=NC1CCC(CC(=O)N(CCc2ccc(O)cc2)CCC(c2ccccc2)c2ccccc2)CC1. The van der Waals surface area contributed by atoms with E-state index in [-0.39, 0.29) is 29.6 Å². The van der Waals surface area contributed by atoms with Crippen LogP contribution in [0.15, 0.2) is 89.9 Å². The van der Waals surface area contributed by atoms with Crippen molar-refractivity contribution in [2.24, 2.45) is 22.4 Å². The van der Waals surface area contributed by atoms with Crippen molar-refractivity contribution in [2.75, 3.05) is 13.1 Å². The summed E-state index contributed by atoms with van der Waals surface area (Å²) in [5, 5.41) is 9.65. The number of hydrogen-bond acceptors (Lipinski definition) is 3. The molecule has 3 aromatic rings. The van der Waals surface area contributed by atoms with Gasteiger partial charge in [0.05, 0.1) is 6.04 Å². The highest BCUT2D eigenvalue weighted by atomic mass is 16.3. The molecule has 200 valence electrons. The first-order valence-corrected chi connectivity index (χ1v) is 13.7. The molecule has 0 saturated heterocycles. The van der Waals surface area contributed by atoms with E-state index in [0.717, 1.165) is 44.1 Å². The lowest BCUT2D eigenvalue weighted by molar-refractivity contribution is -0.132. The van der Waals surface area contributed by atoms with Crippen molar-refractivity contribution in [3.8, 4) is 5.75 Å². The average Bonchev–Trinajstić information content (AvgIpc) is 2.93. The molecule has 0 heterocycles. The van der Waals surface area contributed by atoms with E-state index >= 15 is 0 Å². The van der Waals surface area contributed by atoms with E-state index in [1.54, 1.807) is 12.1 Å². The Morgan fingerprint density at radius 3 is 1.97 bits per heavy atom. The van der Waals surface area contributed by atoms with Crippen LogP contribution in [0.1, 0.15) is 61.1 Å². The van der Waals surface area contributed by atoms with E-state index in [1.807, 2.05) is 29.2 Å². The number of phenols is 1. The molecule has 1 saturated carbocycles. The fourth-order valence-electron chi connectivity index (χ4n) is 5.53. The summed E-state index contributed by atoms with van der Waals surface area (Å²) in [7, 11) is 0. The van der Waals surface area contributed by atoms with Gasteiger partial charge < -0.3 is 21.5 Å². The van der Waals surface area contributed by atoms with Gasteiger partial charge in [0.15, 0.2) is 5.96 Å². The van der Waals surface area contributed by atoms with E-state index in [2.05, 4.69) is 53.5 Å². The number of hydrogen-bond donors (Lipinski definition) is 3. The number of benzene rings is 3. The Bertz CT molecular complexity index is 1110. The smallest absolute Gasteiger partial charge is 0.222 e. The van der Waals surface area contributed by atoms with Gasteiger partial charge in [-0.05, 0) is 73.3 Å². The maximum absolute atomic E-state index is 13.7. The minimum absolute atomic E-state index is 0.149. The van der Waals surface area contributed by atoms with Gasteiger partial charge in [0.2, 0.25) is 5.91 Å². The summed E-state index contributed by atoms with van der Waals surface area (Å²) in [5.74, 6) is 1.20. The van der Waals surface area contributed by atoms with E-state index < -0.39 is 0 Å². The normalized spacial score (nSPS) is 17.2. The summed E-state index contributed by atoms with van der Waals surface area (Å²) >= 11 is 0. The summed E-state index contributed by atoms with van der Waals surface area (Å²) < 4.78 is 0. The van der Waals surface area contributed by atoms with Crippen molar-refractivity contribution in [3.63, 3.8) is 0 Å². The fourth-order valence-corrected chi connectivity index (χ4v) is 5.53. The molecular formula is C32H40N4O2. The van der Waals surface area contributed by atoms with Crippen LogP contribution in [0.2, 0.25) is 0 Å².